The van der Waals surface area contributed by atoms with Crippen LogP contribution in [0.4, 0.5) is 0 Å². The van der Waals surface area contributed by atoms with Crippen molar-refractivity contribution < 1.29 is 19.4 Å². The van der Waals surface area contributed by atoms with E-state index < -0.39 is 5.97 Å². The van der Waals surface area contributed by atoms with Gasteiger partial charge in [0.05, 0.1) is 6.54 Å². The zero-order chi connectivity index (χ0) is 16.3. The SMILES string of the molecule is O=C(O)CN1C[C@@H](c2ccc3c(c2)OCO3)[C@@H]2[C@H]1C1CCN2CC1. The zero-order valence-corrected chi connectivity index (χ0v) is 13.6. The van der Waals surface area contributed by atoms with Crippen molar-refractivity contribution >= 4 is 5.97 Å². The number of piperidine rings is 3. The van der Waals surface area contributed by atoms with Crippen molar-refractivity contribution in [3.8, 4) is 11.5 Å². The molecule has 4 fully saturated rings. The number of likely N-dealkylation sites (tertiary alicyclic amines) is 1. The summed E-state index contributed by atoms with van der Waals surface area (Å²) in [6.45, 7) is 3.54. The van der Waals surface area contributed by atoms with Crippen LogP contribution in [0.5, 0.6) is 11.5 Å². The first kappa shape index (κ1) is 14.5. The number of aliphatic carboxylic acids is 1. The van der Waals surface area contributed by atoms with Gasteiger partial charge in [0.15, 0.2) is 11.5 Å². The van der Waals surface area contributed by atoms with E-state index in [4.69, 9.17) is 9.47 Å². The van der Waals surface area contributed by atoms with Crippen LogP contribution in [0, 0.1) is 5.92 Å². The Balaban J connectivity index is 1.50. The predicted octanol–water partition coefficient (Wildman–Crippen LogP) is 1.36. The average Bonchev–Trinajstić information content (AvgIpc) is 3.20. The highest BCUT2D eigenvalue weighted by molar-refractivity contribution is 5.69. The lowest BCUT2D eigenvalue weighted by atomic mass is 9.75. The fourth-order valence-electron chi connectivity index (χ4n) is 5.33. The normalized spacial score (nSPS) is 36.8. The van der Waals surface area contributed by atoms with Crippen LogP contribution in [-0.2, 0) is 4.79 Å². The number of fused-ring (bicyclic) bond motifs is 3. The predicted molar refractivity (Wildman–Crippen MR) is 86.4 cm³/mol. The first-order chi connectivity index (χ1) is 11.7. The first-order valence-corrected chi connectivity index (χ1v) is 8.80. The summed E-state index contributed by atoms with van der Waals surface area (Å²) >= 11 is 0. The summed E-state index contributed by atoms with van der Waals surface area (Å²) < 4.78 is 11.0. The van der Waals surface area contributed by atoms with Gasteiger partial charge >= 0.3 is 5.97 Å². The van der Waals surface area contributed by atoms with E-state index in [2.05, 4.69) is 21.9 Å². The highest BCUT2D eigenvalue weighted by atomic mass is 16.7. The van der Waals surface area contributed by atoms with Gasteiger partial charge in [-0.3, -0.25) is 14.6 Å². The molecule has 0 aliphatic carbocycles. The lowest BCUT2D eigenvalue weighted by Crippen LogP contribution is -2.60. The highest BCUT2D eigenvalue weighted by Gasteiger charge is 2.53. The quantitative estimate of drug-likeness (QED) is 0.903. The van der Waals surface area contributed by atoms with Crippen molar-refractivity contribution in [3.63, 3.8) is 0 Å². The number of carboxylic acids is 1. The number of rotatable bonds is 3. The molecule has 0 unspecified atom stereocenters. The van der Waals surface area contributed by atoms with Gasteiger partial charge in [0, 0.05) is 24.5 Å². The third-order valence-corrected chi connectivity index (χ3v) is 6.26. The topological polar surface area (TPSA) is 62.2 Å². The molecule has 3 atom stereocenters. The summed E-state index contributed by atoms with van der Waals surface area (Å²) in [4.78, 5) is 16.1. The fourth-order valence-corrected chi connectivity index (χ4v) is 5.33. The van der Waals surface area contributed by atoms with Crippen molar-refractivity contribution in [1.29, 1.82) is 0 Å². The van der Waals surface area contributed by atoms with E-state index in [-0.39, 0.29) is 13.3 Å². The number of benzene rings is 1. The molecule has 4 saturated heterocycles. The van der Waals surface area contributed by atoms with Gasteiger partial charge in [-0.15, -0.1) is 0 Å². The maximum absolute atomic E-state index is 11.3. The number of carbonyl (C=O) groups is 1. The molecular formula is C18H22N2O4. The second-order valence-electron chi connectivity index (χ2n) is 7.40. The third kappa shape index (κ3) is 2.13. The maximum atomic E-state index is 11.3. The van der Waals surface area contributed by atoms with Gasteiger partial charge in [0.25, 0.3) is 0 Å². The Labute approximate surface area is 140 Å². The molecule has 0 aromatic heterocycles. The van der Waals surface area contributed by atoms with Crippen LogP contribution in [0.15, 0.2) is 18.2 Å². The Morgan fingerprint density at radius 3 is 2.75 bits per heavy atom. The van der Waals surface area contributed by atoms with Crippen LogP contribution in [0.2, 0.25) is 0 Å². The summed E-state index contributed by atoms with van der Waals surface area (Å²) in [5.41, 5.74) is 1.25. The molecule has 0 spiro atoms. The fraction of sp³-hybridized carbons (Fsp3) is 0.611. The molecule has 0 saturated carbocycles. The molecule has 0 radical (unpaired) electrons. The minimum atomic E-state index is -0.725. The Bertz CT molecular complexity index is 671. The van der Waals surface area contributed by atoms with Crippen molar-refractivity contribution in [2.45, 2.75) is 30.8 Å². The first-order valence-electron chi connectivity index (χ1n) is 8.80. The molecule has 1 aromatic rings. The van der Waals surface area contributed by atoms with Gasteiger partial charge in [-0.25, -0.2) is 0 Å². The number of nitrogens with zero attached hydrogens (tertiary/aromatic N) is 2. The van der Waals surface area contributed by atoms with Gasteiger partial charge in [-0.05, 0) is 49.5 Å². The van der Waals surface area contributed by atoms with Gasteiger partial charge in [0.2, 0.25) is 6.79 Å². The third-order valence-electron chi connectivity index (χ3n) is 6.26. The molecule has 6 nitrogen and oxygen atoms in total. The lowest BCUT2D eigenvalue weighted by molar-refractivity contribution is -0.139. The van der Waals surface area contributed by atoms with E-state index in [1.54, 1.807) is 0 Å². The van der Waals surface area contributed by atoms with Crippen LogP contribution < -0.4 is 9.47 Å². The molecule has 1 aromatic carbocycles. The maximum Gasteiger partial charge on any atom is 0.317 e. The zero-order valence-electron chi connectivity index (χ0n) is 13.6. The number of ether oxygens (including phenoxy) is 2. The van der Waals surface area contributed by atoms with Crippen molar-refractivity contribution in [2.24, 2.45) is 5.92 Å². The molecule has 24 heavy (non-hydrogen) atoms. The smallest absolute Gasteiger partial charge is 0.317 e. The Morgan fingerprint density at radius 2 is 1.96 bits per heavy atom. The molecule has 0 amide bonds. The van der Waals surface area contributed by atoms with Crippen LogP contribution >= 0.6 is 0 Å². The molecule has 128 valence electrons. The summed E-state index contributed by atoms with van der Waals surface area (Å²) in [6.07, 6.45) is 2.40. The van der Waals surface area contributed by atoms with Gasteiger partial charge < -0.3 is 14.6 Å². The van der Waals surface area contributed by atoms with E-state index in [0.29, 0.717) is 23.9 Å². The highest BCUT2D eigenvalue weighted by Crippen LogP contribution is 2.47. The van der Waals surface area contributed by atoms with Crippen molar-refractivity contribution in [3.05, 3.63) is 23.8 Å². The van der Waals surface area contributed by atoms with E-state index in [0.717, 1.165) is 31.1 Å². The van der Waals surface area contributed by atoms with E-state index in [1.165, 1.54) is 18.4 Å². The van der Waals surface area contributed by atoms with Crippen molar-refractivity contribution in [2.75, 3.05) is 33.0 Å². The van der Waals surface area contributed by atoms with E-state index in [9.17, 15) is 9.90 Å². The van der Waals surface area contributed by atoms with Crippen LogP contribution in [0.25, 0.3) is 0 Å². The summed E-state index contributed by atoms with van der Waals surface area (Å²) in [6, 6.07) is 7.01. The second-order valence-corrected chi connectivity index (χ2v) is 7.40. The number of hydrogen-bond donors (Lipinski definition) is 1. The second kappa shape index (κ2) is 5.36. The molecule has 6 rings (SSSR count). The van der Waals surface area contributed by atoms with Gasteiger partial charge in [-0.1, -0.05) is 6.07 Å². The van der Waals surface area contributed by atoms with Crippen LogP contribution in [-0.4, -0.2) is 65.9 Å². The van der Waals surface area contributed by atoms with E-state index in [1.807, 2.05) is 6.07 Å². The van der Waals surface area contributed by atoms with Crippen LogP contribution in [0.1, 0.15) is 24.3 Å². The van der Waals surface area contributed by atoms with Crippen molar-refractivity contribution in [1.82, 2.24) is 9.80 Å². The summed E-state index contributed by atoms with van der Waals surface area (Å²) in [5.74, 6) is 1.87. The van der Waals surface area contributed by atoms with Gasteiger partial charge in [-0.2, -0.15) is 0 Å². The molecular weight excluding hydrogens is 308 g/mol. The minimum Gasteiger partial charge on any atom is -0.480 e. The summed E-state index contributed by atoms with van der Waals surface area (Å²) in [7, 11) is 0. The lowest BCUT2D eigenvalue weighted by Gasteiger charge is -2.51. The molecule has 2 bridgehead atoms. The van der Waals surface area contributed by atoms with Gasteiger partial charge in [0.1, 0.15) is 0 Å². The molecule has 5 aliphatic rings. The average molecular weight is 330 g/mol. The molecule has 5 heterocycles. The standard InChI is InChI=1S/C18H22N2O4/c21-16(22)9-20-8-13(12-1-2-14-15(7-12)24-10-23-14)18-17(20)11-3-5-19(18)6-4-11/h1-2,7,11,13,17-18H,3-6,8-10H2,(H,21,22)/t13-,17+,18+/m0/s1. The molecule has 1 N–H and O–H groups in total. The summed E-state index contributed by atoms with van der Waals surface area (Å²) in [5, 5.41) is 9.33. The number of carboxylic acid groups (broad SMARTS) is 1. The molecule has 6 heteroatoms. The molecule has 5 aliphatic heterocycles. The Kier molecular flexibility index (Phi) is 3.25. The largest absolute Gasteiger partial charge is 0.480 e. The minimum absolute atomic E-state index is 0.145. The number of hydrogen-bond acceptors (Lipinski definition) is 5. The van der Waals surface area contributed by atoms with E-state index >= 15 is 0 Å². The monoisotopic (exact) mass is 330 g/mol. The van der Waals surface area contributed by atoms with Crippen LogP contribution in [0.3, 0.4) is 0 Å². The Morgan fingerprint density at radius 1 is 1.17 bits per heavy atom. The Hall–Kier alpha value is -1.79.